The molecule has 1 amide bonds. The molecule has 6 heteroatoms. The Bertz CT molecular complexity index is 1030. The summed E-state index contributed by atoms with van der Waals surface area (Å²) in [6, 6.07) is 11.9. The van der Waals surface area contributed by atoms with E-state index in [1.54, 1.807) is 19.9 Å². The normalized spacial score (nSPS) is 19.4. The van der Waals surface area contributed by atoms with Crippen molar-refractivity contribution in [1.82, 2.24) is 0 Å². The van der Waals surface area contributed by atoms with Crippen LogP contribution in [0.2, 0.25) is 0 Å². The van der Waals surface area contributed by atoms with Gasteiger partial charge in [0.1, 0.15) is 11.6 Å². The van der Waals surface area contributed by atoms with E-state index in [-0.39, 0.29) is 23.1 Å². The Kier molecular flexibility index (Phi) is 5.10. The second-order valence-corrected chi connectivity index (χ2v) is 8.40. The van der Waals surface area contributed by atoms with Crippen LogP contribution in [0.15, 0.2) is 48.2 Å². The lowest BCUT2D eigenvalue weighted by atomic mass is 9.79. The molecular formula is C24H26FN3O2. The van der Waals surface area contributed by atoms with E-state index in [1.807, 2.05) is 24.3 Å². The molecule has 5 nitrogen and oxygen atoms in total. The second kappa shape index (κ2) is 7.59. The van der Waals surface area contributed by atoms with Gasteiger partial charge in [0.2, 0.25) is 5.91 Å². The number of nitrogens with two attached hydrogens (primary N) is 1. The van der Waals surface area contributed by atoms with Gasteiger partial charge in [0.15, 0.2) is 0 Å². The van der Waals surface area contributed by atoms with Crippen LogP contribution in [0, 0.1) is 16.6 Å². The van der Waals surface area contributed by atoms with Gasteiger partial charge in [0.05, 0.1) is 6.61 Å². The molecule has 0 radical (unpaired) electrons. The summed E-state index contributed by atoms with van der Waals surface area (Å²) in [4.78, 5) is 12.8. The van der Waals surface area contributed by atoms with Crippen LogP contribution in [0.1, 0.15) is 50.2 Å². The minimum Gasteiger partial charge on any atom is -0.493 e. The summed E-state index contributed by atoms with van der Waals surface area (Å²) in [7, 11) is 0. The molecular weight excluding hydrogens is 381 g/mol. The van der Waals surface area contributed by atoms with E-state index in [0.717, 1.165) is 24.0 Å². The summed E-state index contributed by atoms with van der Waals surface area (Å²) >= 11 is 0. The third-order valence-electron chi connectivity index (χ3n) is 6.11. The first-order valence-electron chi connectivity index (χ1n) is 10.1. The molecule has 2 aromatic rings. The van der Waals surface area contributed by atoms with Gasteiger partial charge in [-0.05, 0) is 56.0 Å². The van der Waals surface area contributed by atoms with Crippen LogP contribution in [-0.4, -0.2) is 18.2 Å². The van der Waals surface area contributed by atoms with E-state index in [2.05, 4.69) is 5.32 Å². The van der Waals surface area contributed by atoms with Crippen molar-refractivity contribution in [3.05, 3.63) is 65.1 Å². The fourth-order valence-electron chi connectivity index (χ4n) is 4.41. The number of nitrogens with one attached hydrogen (secondary N) is 2. The highest BCUT2D eigenvalue weighted by atomic mass is 19.1. The number of hydrogen-bond acceptors (Lipinski definition) is 4. The van der Waals surface area contributed by atoms with E-state index in [1.165, 1.54) is 12.1 Å². The number of hydrogen-bond donors (Lipinski definition) is 3. The van der Waals surface area contributed by atoms with Crippen molar-refractivity contribution >= 4 is 22.9 Å². The predicted octanol–water partition coefficient (Wildman–Crippen LogP) is 4.84. The smallest absolute Gasteiger partial charge is 0.225 e. The third kappa shape index (κ3) is 3.82. The number of fused-ring (bicyclic) bond motifs is 1. The monoisotopic (exact) mass is 407 g/mol. The highest BCUT2D eigenvalue weighted by Gasteiger charge is 2.54. The molecule has 1 saturated carbocycles. The Hall–Kier alpha value is -3.15. The average Bonchev–Trinajstić information content (AvgIpc) is 3.46. The van der Waals surface area contributed by atoms with Crippen LogP contribution in [0.25, 0.3) is 5.57 Å². The summed E-state index contributed by atoms with van der Waals surface area (Å²) in [5, 5.41) is 10.9. The van der Waals surface area contributed by atoms with Crippen LogP contribution < -0.4 is 15.8 Å². The Morgan fingerprint density at radius 2 is 1.93 bits per heavy atom. The SMILES string of the molecule is CC(=N)C(=C(C)N)c1ccc(NC(=O)CC2c3ccc(F)cc3OCC23CC3)cc1. The zero-order valence-corrected chi connectivity index (χ0v) is 17.2. The number of halogens is 1. The summed E-state index contributed by atoms with van der Waals surface area (Å²) in [6.07, 6.45) is 2.37. The maximum Gasteiger partial charge on any atom is 0.225 e. The van der Waals surface area contributed by atoms with Crippen molar-refractivity contribution in [2.75, 3.05) is 11.9 Å². The van der Waals surface area contributed by atoms with E-state index in [4.69, 9.17) is 15.9 Å². The molecule has 0 bridgehead atoms. The molecule has 1 atom stereocenters. The van der Waals surface area contributed by atoms with Crippen molar-refractivity contribution in [1.29, 1.82) is 5.41 Å². The Morgan fingerprint density at radius 1 is 1.23 bits per heavy atom. The lowest BCUT2D eigenvalue weighted by Gasteiger charge is -2.33. The molecule has 156 valence electrons. The molecule has 1 aliphatic heterocycles. The first kappa shape index (κ1) is 20.1. The molecule has 1 spiro atoms. The number of rotatable bonds is 5. The highest BCUT2D eigenvalue weighted by Crippen LogP contribution is 2.61. The predicted molar refractivity (Wildman–Crippen MR) is 116 cm³/mol. The minimum absolute atomic E-state index is 0.00807. The molecule has 1 fully saturated rings. The molecule has 2 aliphatic rings. The van der Waals surface area contributed by atoms with Crippen LogP contribution >= 0.6 is 0 Å². The van der Waals surface area contributed by atoms with Gasteiger partial charge in [-0.25, -0.2) is 4.39 Å². The number of anilines is 1. The molecule has 2 aromatic carbocycles. The maximum absolute atomic E-state index is 13.6. The number of carbonyl (C=O) groups is 1. The lowest BCUT2D eigenvalue weighted by molar-refractivity contribution is -0.117. The number of amides is 1. The van der Waals surface area contributed by atoms with Crippen molar-refractivity contribution in [3.63, 3.8) is 0 Å². The summed E-state index contributed by atoms with van der Waals surface area (Å²) in [6.45, 7) is 4.01. The van der Waals surface area contributed by atoms with Gasteiger partial charge in [-0.1, -0.05) is 18.2 Å². The van der Waals surface area contributed by atoms with Gasteiger partial charge in [-0.3, -0.25) is 4.79 Å². The van der Waals surface area contributed by atoms with Crippen molar-refractivity contribution in [3.8, 4) is 5.75 Å². The molecule has 30 heavy (non-hydrogen) atoms. The summed E-state index contributed by atoms with van der Waals surface area (Å²) in [5.41, 5.74) is 10.0. The van der Waals surface area contributed by atoms with Crippen LogP contribution in [0.3, 0.4) is 0 Å². The van der Waals surface area contributed by atoms with Gasteiger partial charge in [0.25, 0.3) is 0 Å². The molecule has 1 aliphatic carbocycles. The maximum atomic E-state index is 13.6. The zero-order chi connectivity index (χ0) is 21.5. The Morgan fingerprint density at radius 3 is 2.53 bits per heavy atom. The Labute approximate surface area is 175 Å². The number of carbonyl (C=O) groups excluding carboxylic acids is 1. The third-order valence-corrected chi connectivity index (χ3v) is 6.11. The minimum atomic E-state index is -0.329. The van der Waals surface area contributed by atoms with Gasteiger partial charge in [-0.2, -0.15) is 0 Å². The first-order chi connectivity index (χ1) is 14.3. The number of allylic oxidation sites excluding steroid dienone is 2. The van der Waals surface area contributed by atoms with E-state index < -0.39 is 0 Å². The fourth-order valence-corrected chi connectivity index (χ4v) is 4.41. The van der Waals surface area contributed by atoms with Crippen LogP contribution in [0.4, 0.5) is 10.1 Å². The van der Waals surface area contributed by atoms with Gasteiger partial charge in [-0.15, -0.1) is 0 Å². The van der Waals surface area contributed by atoms with Crippen molar-refractivity contribution in [2.45, 2.75) is 39.0 Å². The molecule has 4 N–H and O–H groups in total. The van der Waals surface area contributed by atoms with Gasteiger partial charge >= 0.3 is 0 Å². The van der Waals surface area contributed by atoms with E-state index in [0.29, 0.717) is 41.4 Å². The summed E-state index contributed by atoms with van der Waals surface area (Å²) in [5.74, 6) is 0.166. The lowest BCUT2D eigenvalue weighted by Crippen LogP contribution is -2.30. The largest absolute Gasteiger partial charge is 0.493 e. The number of benzene rings is 2. The fraction of sp³-hybridized carbons (Fsp3) is 0.333. The first-order valence-corrected chi connectivity index (χ1v) is 10.1. The highest BCUT2D eigenvalue weighted by molar-refractivity contribution is 6.21. The number of ether oxygens (including phenoxy) is 1. The average molecular weight is 407 g/mol. The Balaban J connectivity index is 1.49. The van der Waals surface area contributed by atoms with Gasteiger partial charge < -0.3 is 21.2 Å². The van der Waals surface area contributed by atoms with Crippen molar-refractivity contribution in [2.24, 2.45) is 11.1 Å². The molecule has 1 unspecified atom stereocenters. The molecule has 0 aromatic heterocycles. The van der Waals surface area contributed by atoms with E-state index in [9.17, 15) is 9.18 Å². The van der Waals surface area contributed by atoms with Crippen LogP contribution in [0.5, 0.6) is 5.75 Å². The molecule has 0 saturated heterocycles. The van der Waals surface area contributed by atoms with Gasteiger partial charge in [0, 0.05) is 46.5 Å². The molecule has 1 heterocycles. The zero-order valence-electron chi connectivity index (χ0n) is 17.2. The standard InChI is InChI=1S/C24H26FN3O2/c1-14(26)23(15(2)27)16-3-6-18(7-4-16)28-22(29)12-20-19-8-5-17(25)11-21(19)30-13-24(20)9-10-24/h3-8,11,20,26H,9-10,12-13,27H2,1-2H3,(H,28,29). The van der Waals surface area contributed by atoms with E-state index >= 15 is 0 Å². The molecule has 4 rings (SSSR count). The topological polar surface area (TPSA) is 88.2 Å². The summed E-state index contributed by atoms with van der Waals surface area (Å²) < 4.78 is 19.4. The second-order valence-electron chi connectivity index (χ2n) is 8.40. The van der Waals surface area contributed by atoms with Crippen molar-refractivity contribution < 1.29 is 13.9 Å². The van der Waals surface area contributed by atoms with Crippen LogP contribution in [-0.2, 0) is 4.79 Å². The quantitative estimate of drug-likeness (QED) is 0.620.